The number of hydrogen-bond acceptors (Lipinski definition) is 9. The van der Waals surface area contributed by atoms with Crippen LogP contribution in [-0.2, 0) is 9.59 Å². The van der Waals surface area contributed by atoms with Crippen molar-refractivity contribution in [2.24, 2.45) is 0 Å². The second-order valence-electron chi connectivity index (χ2n) is 14.4. The van der Waals surface area contributed by atoms with Gasteiger partial charge in [0.25, 0.3) is 0 Å². The molecule has 3 heterocycles. The number of carboxylic acids is 1. The number of alkyl halides is 2. The first kappa shape index (κ1) is 40.7. The fraction of sp³-hybridized carbons (Fsp3) is 0.349. The zero-order chi connectivity index (χ0) is 40.6. The number of aromatic nitrogens is 4. The summed E-state index contributed by atoms with van der Waals surface area (Å²) in [6.45, 7) is 7.14. The number of aromatic amines is 2. The molecule has 3 N–H and O–H groups in total. The number of amides is 1. The van der Waals surface area contributed by atoms with Crippen molar-refractivity contribution in [3.05, 3.63) is 84.9 Å². The average Bonchev–Trinajstić information content (AvgIpc) is 3.86. The van der Waals surface area contributed by atoms with E-state index in [0.717, 1.165) is 76.7 Å². The molecule has 0 spiro atoms. The number of likely N-dealkylation sites (N-methyl/N-ethyl adjacent to an activating group) is 1. The molecule has 2 aromatic heterocycles. The SMILES string of the molecule is CC(=O)N(CCC(=O)O)CC(COc1ccc(-c2nc3ccc(-c4nc5ccc(N6CCN(C)CC6)cc5[nH]4)cc3[nH]2)cc1)Oc1ccc(N(CCCl)CCCl)cc1. The molecule has 0 saturated carbocycles. The monoisotopic (exact) mass is 826 g/mol. The number of hydrogen-bond donors (Lipinski definition) is 3. The molecule has 58 heavy (non-hydrogen) atoms. The topological polar surface area (TPSA) is 143 Å². The van der Waals surface area contributed by atoms with Gasteiger partial charge in [-0.1, -0.05) is 0 Å². The summed E-state index contributed by atoms with van der Waals surface area (Å²) in [5.74, 6) is 2.40. The van der Waals surface area contributed by atoms with Gasteiger partial charge in [-0.15, -0.1) is 23.2 Å². The lowest BCUT2D eigenvalue weighted by Gasteiger charge is -2.34. The van der Waals surface area contributed by atoms with Gasteiger partial charge in [-0.05, 0) is 92.0 Å². The minimum absolute atomic E-state index is 0.0548. The highest BCUT2D eigenvalue weighted by Crippen LogP contribution is 2.29. The van der Waals surface area contributed by atoms with Crippen molar-refractivity contribution in [2.45, 2.75) is 19.4 Å². The van der Waals surface area contributed by atoms with Gasteiger partial charge >= 0.3 is 5.97 Å². The minimum atomic E-state index is -0.986. The van der Waals surface area contributed by atoms with Crippen LogP contribution < -0.4 is 19.3 Å². The van der Waals surface area contributed by atoms with Gasteiger partial charge in [-0.25, -0.2) is 9.97 Å². The van der Waals surface area contributed by atoms with Crippen LogP contribution in [0.25, 0.3) is 44.8 Å². The van der Waals surface area contributed by atoms with Gasteiger partial charge in [0.2, 0.25) is 5.91 Å². The lowest BCUT2D eigenvalue weighted by atomic mass is 10.2. The predicted molar refractivity (Wildman–Crippen MR) is 231 cm³/mol. The van der Waals surface area contributed by atoms with Gasteiger partial charge in [0.05, 0.1) is 35.0 Å². The third-order valence-corrected chi connectivity index (χ3v) is 10.7. The summed E-state index contributed by atoms with van der Waals surface area (Å²) in [7, 11) is 2.16. The van der Waals surface area contributed by atoms with E-state index >= 15 is 0 Å². The molecule has 1 amide bonds. The number of nitrogens with zero attached hydrogens (tertiary/aromatic N) is 6. The number of fused-ring (bicyclic) bond motifs is 2. The maximum Gasteiger partial charge on any atom is 0.305 e. The van der Waals surface area contributed by atoms with Crippen LogP contribution in [0.1, 0.15) is 13.3 Å². The number of benzene rings is 4. The summed E-state index contributed by atoms with van der Waals surface area (Å²) in [6.07, 6.45) is -0.776. The third-order valence-electron chi connectivity index (χ3n) is 10.3. The number of ether oxygens (including phenoxy) is 2. The van der Waals surface area contributed by atoms with Crippen LogP contribution in [0, 0.1) is 0 Å². The second kappa shape index (κ2) is 18.8. The molecule has 0 radical (unpaired) electrons. The van der Waals surface area contributed by atoms with E-state index in [1.807, 2.05) is 60.7 Å². The van der Waals surface area contributed by atoms with Crippen LogP contribution in [0.5, 0.6) is 11.5 Å². The zero-order valence-corrected chi connectivity index (χ0v) is 34.2. The quantitative estimate of drug-likeness (QED) is 0.0779. The van der Waals surface area contributed by atoms with E-state index in [2.05, 4.69) is 56.0 Å². The number of H-pyrrole nitrogens is 2. The standard InChI is InChI=1S/C43H48Cl2N8O5/c1-29(54)53(18-15-41(55)56)27-36(58-35-11-6-32(7-12-35)51(19-16-44)20-17-45)28-57-34-9-3-30(4-10-34)42-46-37-13-5-31(25-39(37)48-42)43-47-38-14-8-33(26-40(38)49-43)52-23-21-50(2)22-24-52/h3-14,25-26,36H,15-24,27-28H2,1-2H3,(H,46,48)(H,47,49)(H,55,56). The number of halogens is 2. The summed E-state index contributed by atoms with van der Waals surface area (Å²) in [6, 6.07) is 27.7. The highest BCUT2D eigenvalue weighted by molar-refractivity contribution is 6.18. The van der Waals surface area contributed by atoms with E-state index in [9.17, 15) is 14.7 Å². The van der Waals surface area contributed by atoms with Crippen molar-refractivity contribution in [3.63, 3.8) is 0 Å². The maximum atomic E-state index is 12.5. The molecule has 6 aromatic rings. The number of aliphatic carboxylic acids is 1. The maximum absolute atomic E-state index is 12.5. The molecule has 13 nitrogen and oxygen atoms in total. The number of carbonyl (C=O) groups is 2. The Balaban J connectivity index is 1.03. The number of carboxylic acid groups (broad SMARTS) is 1. The van der Waals surface area contributed by atoms with Crippen molar-refractivity contribution < 1.29 is 24.2 Å². The average molecular weight is 828 g/mol. The molecule has 1 unspecified atom stereocenters. The molecule has 304 valence electrons. The Morgan fingerprint density at radius 2 is 1.40 bits per heavy atom. The molecular weight excluding hydrogens is 779 g/mol. The summed E-state index contributed by atoms with van der Waals surface area (Å²) in [5.41, 5.74) is 7.67. The number of anilines is 2. The van der Waals surface area contributed by atoms with E-state index < -0.39 is 12.1 Å². The fourth-order valence-electron chi connectivity index (χ4n) is 7.07. The van der Waals surface area contributed by atoms with Crippen LogP contribution in [-0.4, -0.2) is 131 Å². The number of rotatable bonds is 18. The largest absolute Gasteiger partial charge is 0.490 e. The van der Waals surface area contributed by atoms with Gasteiger partial charge in [-0.2, -0.15) is 0 Å². The van der Waals surface area contributed by atoms with E-state index in [1.165, 1.54) is 17.5 Å². The molecular formula is C43H48Cl2N8O5. The van der Waals surface area contributed by atoms with Crippen molar-refractivity contribution in [3.8, 4) is 34.3 Å². The molecule has 0 aliphatic carbocycles. The summed E-state index contributed by atoms with van der Waals surface area (Å²) in [5, 5.41) is 9.26. The van der Waals surface area contributed by atoms with Crippen LogP contribution in [0.2, 0.25) is 0 Å². The van der Waals surface area contributed by atoms with Gasteiger partial charge in [0, 0.05) is 87.0 Å². The Bertz CT molecular complexity index is 2300. The molecule has 0 bridgehead atoms. The Morgan fingerprint density at radius 1 is 0.793 bits per heavy atom. The Morgan fingerprint density at radius 3 is 2.03 bits per heavy atom. The first-order valence-electron chi connectivity index (χ1n) is 19.4. The highest BCUT2D eigenvalue weighted by atomic mass is 35.5. The van der Waals surface area contributed by atoms with Crippen LogP contribution in [0.15, 0.2) is 84.9 Å². The van der Waals surface area contributed by atoms with Crippen molar-refractivity contribution >= 4 is 68.5 Å². The van der Waals surface area contributed by atoms with Gasteiger partial charge in [-0.3, -0.25) is 9.59 Å². The van der Waals surface area contributed by atoms with Crippen LogP contribution >= 0.6 is 23.2 Å². The number of nitrogens with one attached hydrogen (secondary N) is 2. The molecule has 7 rings (SSSR count). The smallest absolute Gasteiger partial charge is 0.305 e. The number of piperazine rings is 1. The first-order chi connectivity index (χ1) is 28.1. The zero-order valence-electron chi connectivity index (χ0n) is 32.7. The first-order valence-corrected chi connectivity index (χ1v) is 20.5. The van der Waals surface area contributed by atoms with E-state index in [4.69, 9.17) is 42.6 Å². The molecule has 1 aliphatic rings. The summed E-state index contributed by atoms with van der Waals surface area (Å²) in [4.78, 5) is 48.8. The molecule has 15 heteroatoms. The Hall–Kier alpha value is -5.50. The molecule has 1 fully saturated rings. The Kier molecular flexibility index (Phi) is 13.2. The van der Waals surface area contributed by atoms with Crippen molar-refractivity contribution in [2.75, 3.05) is 87.6 Å². The lowest BCUT2D eigenvalue weighted by Crippen LogP contribution is -2.44. The molecule has 1 aliphatic heterocycles. The van der Waals surface area contributed by atoms with Crippen molar-refractivity contribution in [1.29, 1.82) is 0 Å². The van der Waals surface area contributed by atoms with Crippen LogP contribution in [0.3, 0.4) is 0 Å². The Labute approximate surface area is 347 Å². The van der Waals surface area contributed by atoms with Gasteiger partial charge in [0.15, 0.2) is 0 Å². The predicted octanol–water partition coefficient (Wildman–Crippen LogP) is 6.96. The second-order valence-corrected chi connectivity index (χ2v) is 15.2. The van der Waals surface area contributed by atoms with Crippen LogP contribution in [0.4, 0.5) is 11.4 Å². The number of carbonyl (C=O) groups excluding carboxylic acids is 1. The number of imidazole rings is 2. The van der Waals surface area contributed by atoms with Crippen molar-refractivity contribution in [1.82, 2.24) is 29.7 Å². The van der Waals surface area contributed by atoms with Gasteiger partial charge < -0.3 is 44.1 Å². The summed E-state index contributed by atoms with van der Waals surface area (Å²) >= 11 is 12.0. The van der Waals surface area contributed by atoms with E-state index in [1.54, 1.807) is 0 Å². The van der Waals surface area contributed by atoms with E-state index in [-0.39, 0.29) is 32.0 Å². The van der Waals surface area contributed by atoms with E-state index in [0.29, 0.717) is 36.3 Å². The van der Waals surface area contributed by atoms with Gasteiger partial charge in [0.1, 0.15) is 35.9 Å². The minimum Gasteiger partial charge on any atom is -0.490 e. The highest BCUT2D eigenvalue weighted by Gasteiger charge is 2.21. The summed E-state index contributed by atoms with van der Waals surface area (Å²) < 4.78 is 12.5. The fourth-order valence-corrected chi connectivity index (χ4v) is 7.48. The molecule has 1 saturated heterocycles. The third kappa shape index (κ3) is 10.1. The normalized spacial score (nSPS) is 13.8. The molecule has 1 atom stereocenters. The molecule has 4 aromatic carbocycles. The lowest BCUT2D eigenvalue weighted by molar-refractivity contribution is -0.138.